The summed E-state index contributed by atoms with van der Waals surface area (Å²) in [6.45, 7) is 5.20. The van der Waals surface area contributed by atoms with E-state index in [1.165, 1.54) is 17.7 Å². The van der Waals surface area contributed by atoms with Crippen LogP contribution in [0.15, 0.2) is 17.9 Å². The molecule has 19 heavy (non-hydrogen) atoms. The molecule has 102 valence electrons. The Labute approximate surface area is 116 Å². The molecule has 0 amide bonds. The van der Waals surface area contributed by atoms with Crippen LogP contribution in [0.4, 0.5) is 22.5 Å². The molecular weight excluding hydrogens is 260 g/mol. The predicted molar refractivity (Wildman–Crippen MR) is 79.8 cm³/mol. The molecule has 0 aliphatic carbocycles. The molecule has 4 N–H and O–H groups in total. The average Bonchev–Trinajstić information content (AvgIpc) is 2.86. The van der Waals surface area contributed by atoms with Gasteiger partial charge < -0.3 is 16.4 Å². The summed E-state index contributed by atoms with van der Waals surface area (Å²) >= 11 is 1.50. The van der Waals surface area contributed by atoms with Gasteiger partial charge in [-0.1, -0.05) is 13.8 Å². The highest BCUT2D eigenvalue weighted by atomic mass is 32.1. The summed E-state index contributed by atoms with van der Waals surface area (Å²) in [5.41, 5.74) is 6.56. The minimum atomic E-state index is 0.515. The molecule has 0 radical (unpaired) electrons. The summed E-state index contributed by atoms with van der Waals surface area (Å²) in [5.74, 6) is 1.88. The maximum absolute atomic E-state index is 6.04. The lowest BCUT2D eigenvalue weighted by Gasteiger charge is -2.12. The monoisotopic (exact) mass is 278 g/mol. The Morgan fingerprint density at radius 3 is 2.74 bits per heavy atom. The third-order valence-electron chi connectivity index (χ3n) is 2.56. The molecular formula is C12H18N6S. The van der Waals surface area contributed by atoms with Gasteiger partial charge in [0.2, 0.25) is 0 Å². The molecule has 0 aromatic carbocycles. The number of rotatable bonds is 6. The number of aromatic nitrogens is 3. The zero-order valence-electron chi connectivity index (χ0n) is 11.1. The summed E-state index contributed by atoms with van der Waals surface area (Å²) in [6, 6.07) is 0. The largest absolute Gasteiger partial charge is 0.393 e. The number of anilines is 4. The second-order valence-electron chi connectivity index (χ2n) is 4.56. The number of nitrogens with two attached hydrogens (primary N) is 1. The van der Waals surface area contributed by atoms with Crippen LogP contribution in [0.1, 0.15) is 20.3 Å². The Morgan fingerprint density at radius 2 is 2.05 bits per heavy atom. The Balaban J connectivity index is 2.05. The van der Waals surface area contributed by atoms with Crippen molar-refractivity contribution in [2.45, 2.75) is 20.3 Å². The van der Waals surface area contributed by atoms with Crippen LogP contribution >= 0.6 is 11.3 Å². The van der Waals surface area contributed by atoms with Gasteiger partial charge in [-0.3, -0.25) is 0 Å². The number of nitrogen functional groups attached to an aromatic ring is 1. The van der Waals surface area contributed by atoms with Crippen LogP contribution in [0.2, 0.25) is 0 Å². The number of hydrogen-bond acceptors (Lipinski definition) is 7. The van der Waals surface area contributed by atoms with Gasteiger partial charge >= 0.3 is 0 Å². The molecule has 0 aliphatic heterocycles. The van der Waals surface area contributed by atoms with Crippen LogP contribution in [0.3, 0.4) is 0 Å². The first-order valence-electron chi connectivity index (χ1n) is 6.17. The SMILES string of the molecule is CC(C)CCNc1ncnc(Nc2nccs2)c1N. The Bertz CT molecular complexity index is 511. The molecule has 2 aromatic rings. The lowest BCUT2D eigenvalue weighted by Crippen LogP contribution is -2.10. The van der Waals surface area contributed by atoms with Crippen LogP contribution in [0, 0.1) is 5.92 Å². The van der Waals surface area contributed by atoms with Gasteiger partial charge in [-0.05, 0) is 12.3 Å². The number of hydrogen-bond donors (Lipinski definition) is 3. The van der Waals surface area contributed by atoms with E-state index in [2.05, 4.69) is 39.4 Å². The van der Waals surface area contributed by atoms with Crippen LogP contribution in [0.25, 0.3) is 0 Å². The van der Waals surface area contributed by atoms with E-state index in [9.17, 15) is 0 Å². The molecule has 0 saturated carbocycles. The van der Waals surface area contributed by atoms with Gasteiger partial charge in [0.05, 0.1) is 0 Å². The molecule has 0 aliphatic rings. The van der Waals surface area contributed by atoms with Crippen molar-refractivity contribution in [3.63, 3.8) is 0 Å². The molecule has 0 spiro atoms. The van der Waals surface area contributed by atoms with Crippen molar-refractivity contribution in [1.82, 2.24) is 15.0 Å². The summed E-state index contributed by atoms with van der Waals surface area (Å²) in [4.78, 5) is 12.4. The zero-order chi connectivity index (χ0) is 13.7. The van der Waals surface area contributed by atoms with E-state index in [1.54, 1.807) is 6.20 Å². The van der Waals surface area contributed by atoms with Gasteiger partial charge in [0.15, 0.2) is 16.8 Å². The van der Waals surface area contributed by atoms with Gasteiger partial charge in [-0.15, -0.1) is 11.3 Å². The molecule has 2 aromatic heterocycles. The van der Waals surface area contributed by atoms with Crippen LogP contribution in [-0.4, -0.2) is 21.5 Å². The Morgan fingerprint density at radius 1 is 1.26 bits per heavy atom. The number of nitrogens with zero attached hydrogens (tertiary/aromatic N) is 3. The van der Waals surface area contributed by atoms with Crippen molar-refractivity contribution in [3.05, 3.63) is 17.9 Å². The minimum Gasteiger partial charge on any atom is -0.393 e. The molecule has 2 heterocycles. The lowest BCUT2D eigenvalue weighted by atomic mass is 10.1. The van der Waals surface area contributed by atoms with Crippen molar-refractivity contribution in [2.75, 3.05) is 22.9 Å². The van der Waals surface area contributed by atoms with Crippen molar-refractivity contribution >= 4 is 33.8 Å². The normalized spacial score (nSPS) is 10.7. The van der Waals surface area contributed by atoms with Gasteiger partial charge in [-0.2, -0.15) is 0 Å². The molecule has 7 heteroatoms. The van der Waals surface area contributed by atoms with Crippen molar-refractivity contribution in [2.24, 2.45) is 5.92 Å². The fraction of sp³-hybridized carbons (Fsp3) is 0.417. The highest BCUT2D eigenvalue weighted by molar-refractivity contribution is 7.13. The van der Waals surface area contributed by atoms with E-state index < -0.39 is 0 Å². The minimum absolute atomic E-state index is 0.515. The highest BCUT2D eigenvalue weighted by Crippen LogP contribution is 2.26. The van der Waals surface area contributed by atoms with Gasteiger partial charge in [-0.25, -0.2) is 15.0 Å². The first-order valence-corrected chi connectivity index (χ1v) is 7.05. The lowest BCUT2D eigenvalue weighted by molar-refractivity contribution is 0.606. The van der Waals surface area contributed by atoms with E-state index >= 15 is 0 Å². The van der Waals surface area contributed by atoms with Crippen molar-refractivity contribution in [1.29, 1.82) is 0 Å². The van der Waals surface area contributed by atoms with E-state index in [4.69, 9.17) is 5.73 Å². The van der Waals surface area contributed by atoms with Crippen LogP contribution in [0.5, 0.6) is 0 Å². The smallest absolute Gasteiger partial charge is 0.188 e. The van der Waals surface area contributed by atoms with E-state index in [1.807, 2.05) is 5.38 Å². The fourth-order valence-corrected chi connectivity index (χ4v) is 2.03. The standard InChI is InChI=1S/C12H18N6S/c1-8(2)3-4-14-10-9(13)11(17-7-16-10)18-12-15-5-6-19-12/h5-8H,3-4,13H2,1-2H3,(H2,14,15,16,17,18). The zero-order valence-corrected chi connectivity index (χ0v) is 11.9. The van der Waals surface area contributed by atoms with Gasteiger partial charge in [0.1, 0.15) is 12.0 Å². The molecule has 0 bridgehead atoms. The summed E-state index contributed by atoms with van der Waals surface area (Å²) in [5, 5.41) is 8.97. The summed E-state index contributed by atoms with van der Waals surface area (Å²) in [7, 11) is 0. The van der Waals surface area contributed by atoms with Crippen molar-refractivity contribution < 1.29 is 0 Å². The number of thiazole rings is 1. The quantitative estimate of drug-likeness (QED) is 0.753. The van der Waals surface area contributed by atoms with Gasteiger partial charge in [0.25, 0.3) is 0 Å². The van der Waals surface area contributed by atoms with Gasteiger partial charge in [0, 0.05) is 18.1 Å². The first kappa shape index (κ1) is 13.5. The van der Waals surface area contributed by atoms with E-state index in [-0.39, 0.29) is 0 Å². The molecule has 0 fully saturated rings. The predicted octanol–water partition coefficient (Wildman–Crippen LogP) is 2.72. The third kappa shape index (κ3) is 3.78. The molecule has 0 atom stereocenters. The maximum Gasteiger partial charge on any atom is 0.188 e. The third-order valence-corrected chi connectivity index (χ3v) is 3.24. The maximum atomic E-state index is 6.04. The molecule has 6 nitrogen and oxygen atoms in total. The topological polar surface area (TPSA) is 88.8 Å². The van der Waals surface area contributed by atoms with Crippen LogP contribution in [-0.2, 0) is 0 Å². The Kier molecular flexibility index (Phi) is 4.51. The summed E-state index contributed by atoms with van der Waals surface area (Å²) in [6.07, 6.45) is 4.29. The molecule has 0 saturated heterocycles. The van der Waals surface area contributed by atoms with Crippen molar-refractivity contribution in [3.8, 4) is 0 Å². The first-order chi connectivity index (χ1) is 9.16. The van der Waals surface area contributed by atoms with E-state index in [0.29, 0.717) is 23.2 Å². The Hall–Kier alpha value is -1.89. The average molecular weight is 278 g/mol. The fourth-order valence-electron chi connectivity index (χ4n) is 1.50. The molecule has 0 unspecified atom stereocenters. The number of nitrogens with one attached hydrogen (secondary N) is 2. The van der Waals surface area contributed by atoms with E-state index in [0.717, 1.165) is 18.1 Å². The highest BCUT2D eigenvalue weighted by Gasteiger charge is 2.09. The second kappa shape index (κ2) is 6.33. The van der Waals surface area contributed by atoms with Crippen LogP contribution < -0.4 is 16.4 Å². The summed E-state index contributed by atoms with van der Waals surface area (Å²) < 4.78 is 0. The second-order valence-corrected chi connectivity index (χ2v) is 5.45. The molecule has 2 rings (SSSR count).